The van der Waals surface area contributed by atoms with Gasteiger partial charge in [0.25, 0.3) is 0 Å². The highest BCUT2D eigenvalue weighted by atomic mass is 16.2. The second kappa shape index (κ2) is 7.88. The number of nitrogens with one attached hydrogen (secondary N) is 1. The summed E-state index contributed by atoms with van der Waals surface area (Å²) in [6.45, 7) is 4.17. The van der Waals surface area contributed by atoms with Crippen LogP contribution in [0.5, 0.6) is 0 Å². The molecular formula is C15H24N2O. The van der Waals surface area contributed by atoms with Crippen molar-refractivity contribution >= 4 is 5.91 Å². The van der Waals surface area contributed by atoms with Crippen molar-refractivity contribution in [3.63, 3.8) is 0 Å². The van der Waals surface area contributed by atoms with Gasteiger partial charge in [0.2, 0.25) is 5.91 Å². The van der Waals surface area contributed by atoms with Gasteiger partial charge < -0.3 is 11.1 Å². The summed E-state index contributed by atoms with van der Waals surface area (Å²) in [5.74, 6) is -0.0425. The fraction of sp³-hybridized carbons (Fsp3) is 0.533. The maximum Gasteiger partial charge on any atom is 0.237 e. The van der Waals surface area contributed by atoms with Gasteiger partial charge in [-0.05, 0) is 18.4 Å². The molecule has 1 unspecified atom stereocenters. The number of nitrogens with two attached hydrogens (primary N) is 1. The van der Waals surface area contributed by atoms with Crippen LogP contribution in [0.2, 0.25) is 0 Å². The highest BCUT2D eigenvalue weighted by Gasteiger charge is 2.17. The number of rotatable bonds is 7. The number of amides is 1. The first-order chi connectivity index (χ1) is 8.69. The fourth-order valence-electron chi connectivity index (χ4n) is 1.94. The summed E-state index contributed by atoms with van der Waals surface area (Å²) < 4.78 is 0. The van der Waals surface area contributed by atoms with Crippen LogP contribution in [0.15, 0.2) is 30.3 Å². The molecule has 0 fully saturated rings. The zero-order valence-corrected chi connectivity index (χ0v) is 11.4. The van der Waals surface area contributed by atoms with Crippen LogP contribution in [-0.2, 0) is 4.79 Å². The molecule has 0 aliphatic rings. The van der Waals surface area contributed by atoms with Crippen molar-refractivity contribution in [3.8, 4) is 0 Å². The van der Waals surface area contributed by atoms with Gasteiger partial charge >= 0.3 is 0 Å². The highest BCUT2D eigenvalue weighted by molar-refractivity contribution is 5.81. The van der Waals surface area contributed by atoms with E-state index in [1.165, 1.54) is 0 Å². The lowest BCUT2D eigenvalue weighted by Crippen LogP contribution is -2.42. The molecule has 1 aromatic carbocycles. The molecule has 100 valence electrons. The smallest absolute Gasteiger partial charge is 0.237 e. The van der Waals surface area contributed by atoms with E-state index >= 15 is 0 Å². The zero-order chi connectivity index (χ0) is 13.4. The normalized spacial score (nSPS) is 13.9. The van der Waals surface area contributed by atoms with Crippen LogP contribution in [0.3, 0.4) is 0 Å². The maximum atomic E-state index is 12.0. The van der Waals surface area contributed by atoms with Gasteiger partial charge in [0, 0.05) is 0 Å². The largest absolute Gasteiger partial charge is 0.348 e. The van der Waals surface area contributed by atoms with Crippen LogP contribution in [0.4, 0.5) is 0 Å². The van der Waals surface area contributed by atoms with Gasteiger partial charge in [-0.2, -0.15) is 0 Å². The Balaban J connectivity index is 2.56. The molecule has 0 aliphatic carbocycles. The number of hydrogen-bond acceptors (Lipinski definition) is 2. The van der Waals surface area contributed by atoms with Gasteiger partial charge in [-0.3, -0.25) is 4.79 Å². The van der Waals surface area contributed by atoms with Crippen molar-refractivity contribution < 1.29 is 4.79 Å². The first-order valence-corrected chi connectivity index (χ1v) is 6.79. The predicted molar refractivity (Wildman–Crippen MR) is 75.1 cm³/mol. The van der Waals surface area contributed by atoms with Crippen LogP contribution in [0.1, 0.15) is 51.1 Å². The Hall–Kier alpha value is -1.35. The van der Waals surface area contributed by atoms with Crippen molar-refractivity contribution in [1.82, 2.24) is 5.32 Å². The van der Waals surface area contributed by atoms with E-state index in [1.54, 1.807) is 0 Å². The van der Waals surface area contributed by atoms with E-state index in [0.717, 1.165) is 31.2 Å². The number of carbonyl (C=O) groups excluding carboxylic acids is 1. The summed E-state index contributed by atoms with van der Waals surface area (Å²) in [6, 6.07) is 9.69. The Bertz CT molecular complexity index is 351. The minimum Gasteiger partial charge on any atom is -0.348 e. The quantitative estimate of drug-likeness (QED) is 0.779. The molecule has 2 atom stereocenters. The van der Waals surface area contributed by atoms with E-state index < -0.39 is 0 Å². The molecule has 0 spiro atoms. The molecular weight excluding hydrogens is 224 g/mol. The molecule has 0 bridgehead atoms. The number of benzene rings is 1. The lowest BCUT2D eigenvalue weighted by Gasteiger charge is -2.20. The summed E-state index contributed by atoms with van der Waals surface area (Å²) in [7, 11) is 0. The Kier molecular flexibility index (Phi) is 6.44. The molecule has 3 nitrogen and oxygen atoms in total. The third-order valence-electron chi connectivity index (χ3n) is 3.13. The number of carbonyl (C=O) groups is 1. The van der Waals surface area contributed by atoms with E-state index in [0.29, 0.717) is 0 Å². The molecule has 3 N–H and O–H groups in total. The van der Waals surface area contributed by atoms with Gasteiger partial charge in [-0.15, -0.1) is 0 Å². The molecule has 0 saturated heterocycles. The minimum atomic E-state index is -0.386. The Morgan fingerprint density at radius 3 is 2.50 bits per heavy atom. The molecule has 0 aliphatic heterocycles. The molecule has 1 rings (SSSR count). The maximum absolute atomic E-state index is 12.0. The lowest BCUT2D eigenvalue weighted by atomic mass is 10.0. The second-order valence-corrected chi connectivity index (χ2v) is 4.63. The topological polar surface area (TPSA) is 55.1 Å². The van der Waals surface area contributed by atoms with E-state index in [1.807, 2.05) is 30.3 Å². The Labute approximate surface area is 110 Å². The average molecular weight is 248 g/mol. The van der Waals surface area contributed by atoms with Crippen LogP contribution >= 0.6 is 0 Å². The van der Waals surface area contributed by atoms with E-state index in [-0.39, 0.29) is 18.0 Å². The predicted octanol–water partition coefficient (Wildman–Crippen LogP) is 2.77. The second-order valence-electron chi connectivity index (χ2n) is 4.63. The number of unbranched alkanes of at least 4 members (excludes halogenated alkanes) is 1. The van der Waals surface area contributed by atoms with Crippen molar-refractivity contribution in [2.75, 3.05) is 0 Å². The van der Waals surface area contributed by atoms with E-state index in [9.17, 15) is 4.79 Å². The summed E-state index contributed by atoms with van der Waals surface area (Å²) in [5, 5.41) is 3.03. The third-order valence-corrected chi connectivity index (χ3v) is 3.13. The summed E-state index contributed by atoms with van der Waals surface area (Å²) >= 11 is 0. The van der Waals surface area contributed by atoms with Crippen molar-refractivity contribution in [1.29, 1.82) is 0 Å². The van der Waals surface area contributed by atoms with E-state index in [2.05, 4.69) is 19.2 Å². The SMILES string of the molecule is CCCC[C@H](N)C(=O)NC(CC)c1ccccc1. The average Bonchev–Trinajstić information content (AvgIpc) is 2.42. The molecule has 1 amide bonds. The standard InChI is InChI=1S/C15H24N2O/c1-3-5-11-13(16)15(18)17-14(4-2)12-9-7-6-8-10-12/h6-10,13-14H,3-5,11,16H2,1-2H3,(H,17,18)/t13-,14?/m0/s1. The first-order valence-electron chi connectivity index (χ1n) is 6.79. The third kappa shape index (κ3) is 4.49. The van der Waals surface area contributed by atoms with Crippen LogP contribution in [-0.4, -0.2) is 11.9 Å². The molecule has 1 aromatic rings. The fourth-order valence-corrected chi connectivity index (χ4v) is 1.94. The van der Waals surface area contributed by atoms with E-state index in [4.69, 9.17) is 5.73 Å². The zero-order valence-electron chi connectivity index (χ0n) is 11.4. The Morgan fingerprint density at radius 2 is 1.94 bits per heavy atom. The van der Waals surface area contributed by atoms with Gasteiger partial charge in [0.1, 0.15) is 0 Å². The van der Waals surface area contributed by atoms with Gasteiger partial charge in [0.15, 0.2) is 0 Å². The lowest BCUT2D eigenvalue weighted by molar-refractivity contribution is -0.123. The molecule has 3 heteroatoms. The molecule has 0 heterocycles. The molecule has 0 saturated carbocycles. The highest BCUT2D eigenvalue weighted by Crippen LogP contribution is 2.16. The van der Waals surface area contributed by atoms with Crippen molar-refractivity contribution in [3.05, 3.63) is 35.9 Å². The van der Waals surface area contributed by atoms with Gasteiger partial charge in [-0.25, -0.2) is 0 Å². The summed E-state index contributed by atoms with van der Waals surface area (Å²) in [4.78, 5) is 12.0. The van der Waals surface area contributed by atoms with Crippen molar-refractivity contribution in [2.24, 2.45) is 5.73 Å². The Morgan fingerprint density at radius 1 is 1.28 bits per heavy atom. The van der Waals surface area contributed by atoms with Gasteiger partial charge in [0.05, 0.1) is 12.1 Å². The first kappa shape index (κ1) is 14.7. The van der Waals surface area contributed by atoms with Gasteiger partial charge in [-0.1, -0.05) is 57.0 Å². The summed E-state index contributed by atoms with van der Waals surface area (Å²) in [5.41, 5.74) is 7.01. The molecule has 0 aromatic heterocycles. The molecule has 18 heavy (non-hydrogen) atoms. The van der Waals surface area contributed by atoms with Crippen LogP contribution in [0.25, 0.3) is 0 Å². The van der Waals surface area contributed by atoms with Crippen LogP contribution < -0.4 is 11.1 Å². The summed E-state index contributed by atoms with van der Waals surface area (Å²) in [6.07, 6.45) is 3.69. The van der Waals surface area contributed by atoms with Crippen molar-refractivity contribution in [2.45, 2.75) is 51.6 Å². The molecule has 0 radical (unpaired) electrons. The monoisotopic (exact) mass is 248 g/mol. The minimum absolute atomic E-state index is 0.0425. The number of hydrogen-bond donors (Lipinski definition) is 2. The van der Waals surface area contributed by atoms with Crippen LogP contribution in [0, 0.1) is 0 Å².